The maximum absolute atomic E-state index is 11.5. The van der Waals surface area contributed by atoms with Crippen LogP contribution in [0.2, 0.25) is 0 Å². The molecule has 94 valence electrons. The zero-order valence-electron chi connectivity index (χ0n) is 10.4. The van der Waals surface area contributed by atoms with E-state index in [0.29, 0.717) is 13.0 Å². The van der Waals surface area contributed by atoms with E-state index in [1.165, 1.54) is 0 Å². The van der Waals surface area contributed by atoms with Crippen molar-refractivity contribution < 1.29 is 9.53 Å². The Morgan fingerprint density at radius 1 is 1.50 bits per heavy atom. The van der Waals surface area contributed by atoms with Crippen LogP contribution in [0.3, 0.4) is 0 Å². The first-order valence-corrected chi connectivity index (χ1v) is 6.29. The number of ether oxygens (including phenoxy) is 1. The summed E-state index contributed by atoms with van der Waals surface area (Å²) in [4.78, 5) is 11.5. The molecule has 1 fully saturated rings. The second-order valence-corrected chi connectivity index (χ2v) is 4.53. The Morgan fingerprint density at radius 3 is 2.75 bits per heavy atom. The van der Waals surface area contributed by atoms with Crippen LogP contribution in [0.1, 0.15) is 46.0 Å². The molecule has 0 aromatic carbocycles. The predicted molar refractivity (Wildman–Crippen MR) is 64.1 cm³/mol. The lowest BCUT2D eigenvalue weighted by molar-refractivity contribution is -0.125. The van der Waals surface area contributed by atoms with Gasteiger partial charge in [-0.25, -0.2) is 0 Å². The van der Waals surface area contributed by atoms with Crippen LogP contribution in [-0.2, 0) is 9.53 Å². The normalized spacial score (nSPS) is 24.1. The third kappa shape index (κ3) is 3.46. The molecule has 0 aliphatic carbocycles. The molecular formula is C12H24N2O2. The Labute approximate surface area is 97.9 Å². The summed E-state index contributed by atoms with van der Waals surface area (Å²) in [7, 11) is 0. The Kier molecular flexibility index (Phi) is 5.22. The minimum Gasteiger partial charge on any atom is -0.375 e. The quantitative estimate of drug-likeness (QED) is 0.743. The van der Waals surface area contributed by atoms with Gasteiger partial charge in [0.25, 0.3) is 0 Å². The number of nitrogens with one attached hydrogen (secondary N) is 1. The number of hydrogen-bond donors (Lipinski definition) is 2. The standard InChI is InChI=1S/C12H24N2O2/c1-3-12(4-2)9-10(6-8-16-12)14-11(15)5-7-13/h10H,3-9,13H2,1-2H3,(H,14,15). The number of carbonyl (C=O) groups is 1. The van der Waals surface area contributed by atoms with E-state index < -0.39 is 0 Å². The number of amides is 1. The fourth-order valence-corrected chi connectivity index (χ4v) is 2.32. The first-order chi connectivity index (χ1) is 7.65. The molecule has 0 aromatic heterocycles. The summed E-state index contributed by atoms with van der Waals surface area (Å²) in [6, 6.07) is 0.257. The van der Waals surface area contributed by atoms with Gasteiger partial charge in [0.1, 0.15) is 0 Å². The summed E-state index contributed by atoms with van der Waals surface area (Å²) in [6.07, 6.45) is 4.27. The summed E-state index contributed by atoms with van der Waals surface area (Å²) in [5.41, 5.74) is 5.33. The third-order valence-electron chi connectivity index (χ3n) is 3.52. The molecule has 0 saturated carbocycles. The van der Waals surface area contributed by atoms with Gasteiger partial charge in [-0.1, -0.05) is 13.8 Å². The van der Waals surface area contributed by atoms with Crippen molar-refractivity contribution in [2.24, 2.45) is 5.73 Å². The topological polar surface area (TPSA) is 64.4 Å². The van der Waals surface area contributed by atoms with Crippen LogP contribution in [0.5, 0.6) is 0 Å². The second-order valence-electron chi connectivity index (χ2n) is 4.53. The van der Waals surface area contributed by atoms with Crippen LogP contribution in [0.25, 0.3) is 0 Å². The van der Waals surface area contributed by atoms with Gasteiger partial charge in [0, 0.05) is 25.6 Å². The van der Waals surface area contributed by atoms with E-state index >= 15 is 0 Å². The smallest absolute Gasteiger partial charge is 0.221 e. The first kappa shape index (κ1) is 13.5. The molecule has 1 saturated heterocycles. The van der Waals surface area contributed by atoms with Crippen LogP contribution in [0.4, 0.5) is 0 Å². The second kappa shape index (κ2) is 6.21. The lowest BCUT2D eigenvalue weighted by Crippen LogP contribution is -2.48. The molecule has 0 aromatic rings. The van der Waals surface area contributed by atoms with E-state index in [0.717, 1.165) is 32.3 Å². The lowest BCUT2D eigenvalue weighted by Gasteiger charge is -2.40. The van der Waals surface area contributed by atoms with Crippen molar-refractivity contribution in [1.82, 2.24) is 5.32 Å². The van der Waals surface area contributed by atoms with Crippen molar-refractivity contribution in [2.45, 2.75) is 57.6 Å². The highest BCUT2D eigenvalue weighted by molar-refractivity contribution is 5.76. The molecule has 4 heteroatoms. The number of carbonyl (C=O) groups excluding carboxylic acids is 1. The minimum atomic E-state index is -0.0289. The fourth-order valence-electron chi connectivity index (χ4n) is 2.32. The molecule has 16 heavy (non-hydrogen) atoms. The first-order valence-electron chi connectivity index (χ1n) is 6.29. The summed E-state index contributed by atoms with van der Waals surface area (Å²) < 4.78 is 5.86. The van der Waals surface area contributed by atoms with Crippen molar-refractivity contribution in [3.05, 3.63) is 0 Å². The molecule has 1 unspecified atom stereocenters. The molecule has 4 nitrogen and oxygen atoms in total. The molecule has 1 amide bonds. The van der Waals surface area contributed by atoms with E-state index in [-0.39, 0.29) is 17.6 Å². The fraction of sp³-hybridized carbons (Fsp3) is 0.917. The van der Waals surface area contributed by atoms with Crippen LogP contribution >= 0.6 is 0 Å². The zero-order chi connectivity index (χ0) is 12.0. The van der Waals surface area contributed by atoms with Crippen molar-refractivity contribution in [1.29, 1.82) is 0 Å². The van der Waals surface area contributed by atoms with Gasteiger partial charge in [0.05, 0.1) is 5.60 Å². The van der Waals surface area contributed by atoms with Crippen molar-refractivity contribution in [2.75, 3.05) is 13.2 Å². The van der Waals surface area contributed by atoms with Gasteiger partial charge in [0.2, 0.25) is 5.91 Å². The molecule has 1 aliphatic heterocycles. The largest absolute Gasteiger partial charge is 0.375 e. The zero-order valence-corrected chi connectivity index (χ0v) is 10.4. The molecule has 0 radical (unpaired) electrons. The van der Waals surface area contributed by atoms with Crippen LogP contribution < -0.4 is 11.1 Å². The predicted octanol–water partition coefficient (Wildman–Crippen LogP) is 1.19. The average molecular weight is 228 g/mol. The number of rotatable bonds is 5. The van der Waals surface area contributed by atoms with Crippen LogP contribution in [0, 0.1) is 0 Å². The Balaban J connectivity index is 2.47. The van der Waals surface area contributed by atoms with Gasteiger partial charge in [-0.15, -0.1) is 0 Å². The molecular weight excluding hydrogens is 204 g/mol. The average Bonchev–Trinajstić information content (AvgIpc) is 2.29. The molecule has 1 atom stereocenters. The Hall–Kier alpha value is -0.610. The Bertz CT molecular complexity index is 227. The van der Waals surface area contributed by atoms with Crippen molar-refractivity contribution in [3.63, 3.8) is 0 Å². The maximum atomic E-state index is 11.5. The highest BCUT2D eigenvalue weighted by Crippen LogP contribution is 2.31. The summed E-state index contributed by atoms with van der Waals surface area (Å²) in [5, 5.41) is 3.04. The summed E-state index contributed by atoms with van der Waals surface area (Å²) >= 11 is 0. The van der Waals surface area contributed by atoms with Crippen LogP contribution in [-0.4, -0.2) is 30.7 Å². The third-order valence-corrected chi connectivity index (χ3v) is 3.52. The van der Waals surface area contributed by atoms with Gasteiger partial charge >= 0.3 is 0 Å². The molecule has 1 heterocycles. The van der Waals surface area contributed by atoms with Crippen LogP contribution in [0.15, 0.2) is 0 Å². The van der Waals surface area contributed by atoms with Crippen molar-refractivity contribution in [3.8, 4) is 0 Å². The number of hydrogen-bond acceptors (Lipinski definition) is 3. The van der Waals surface area contributed by atoms with Gasteiger partial charge < -0.3 is 15.8 Å². The van der Waals surface area contributed by atoms with Crippen molar-refractivity contribution >= 4 is 5.91 Å². The highest BCUT2D eigenvalue weighted by Gasteiger charge is 2.34. The molecule has 0 spiro atoms. The number of nitrogens with two attached hydrogens (primary N) is 1. The summed E-state index contributed by atoms with van der Waals surface area (Å²) in [5.74, 6) is 0.0653. The highest BCUT2D eigenvalue weighted by atomic mass is 16.5. The molecule has 1 aliphatic rings. The van der Waals surface area contributed by atoms with E-state index in [2.05, 4.69) is 19.2 Å². The Morgan fingerprint density at radius 2 is 2.19 bits per heavy atom. The molecule has 1 rings (SSSR count). The maximum Gasteiger partial charge on any atom is 0.221 e. The van der Waals surface area contributed by atoms with E-state index in [1.807, 2.05) is 0 Å². The minimum absolute atomic E-state index is 0.0289. The van der Waals surface area contributed by atoms with E-state index in [4.69, 9.17) is 10.5 Å². The van der Waals surface area contributed by atoms with E-state index in [9.17, 15) is 4.79 Å². The van der Waals surface area contributed by atoms with E-state index in [1.54, 1.807) is 0 Å². The SMILES string of the molecule is CCC1(CC)CC(NC(=O)CCN)CCO1. The molecule has 0 bridgehead atoms. The summed E-state index contributed by atoms with van der Waals surface area (Å²) in [6.45, 7) is 5.46. The van der Waals surface area contributed by atoms with Gasteiger partial charge in [0.15, 0.2) is 0 Å². The van der Waals surface area contributed by atoms with Gasteiger partial charge in [-0.05, 0) is 25.7 Å². The van der Waals surface area contributed by atoms with Gasteiger partial charge in [-0.2, -0.15) is 0 Å². The van der Waals surface area contributed by atoms with Gasteiger partial charge in [-0.3, -0.25) is 4.79 Å². The molecule has 3 N–H and O–H groups in total. The lowest BCUT2D eigenvalue weighted by atomic mass is 9.86. The monoisotopic (exact) mass is 228 g/mol.